The van der Waals surface area contributed by atoms with Crippen molar-refractivity contribution in [3.63, 3.8) is 0 Å². The van der Waals surface area contributed by atoms with E-state index in [9.17, 15) is 26.4 Å². The van der Waals surface area contributed by atoms with Crippen LogP contribution in [0, 0.1) is 5.92 Å². The number of nitrogens with zero attached hydrogens (tertiary/aromatic N) is 3. The minimum absolute atomic E-state index is 0.115. The maximum absolute atomic E-state index is 12.9. The van der Waals surface area contributed by atoms with Gasteiger partial charge in [0.2, 0.25) is 15.9 Å². The summed E-state index contributed by atoms with van der Waals surface area (Å²) in [6.07, 6.45) is -0.753. The second kappa shape index (κ2) is 7.42. The third-order valence-electron chi connectivity index (χ3n) is 5.01. The first-order chi connectivity index (χ1) is 12.6. The van der Waals surface area contributed by atoms with Crippen molar-refractivity contribution >= 4 is 15.9 Å². The molecule has 0 bridgehead atoms. The van der Waals surface area contributed by atoms with Crippen LogP contribution in [0.5, 0.6) is 0 Å². The van der Waals surface area contributed by atoms with Gasteiger partial charge < -0.3 is 5.32 Å². The van der Waals surface area contributed by atoms with E-state index in [0.717, 1.165) is 25.2 Å². The van der Waals surface area contributed by atoms with E-state index in [1.165, 1.54) is 8.99 Å². The maximum atomic E-state index is 12.9. The fourth-order valence-corrected chi connectivity index (χ4v) is 4.21. The van der Waals surface area contributed by atoms with Gasteiger partial charge in [-0.25, -0.2) is 12.7 Å². The van der Waals surface area contributed by atoms with Gasteiger partial charge in [0.1, 0.15) is 0 Å². The number of halogens is 3. The van der Waals surface area contributed by atoms with Crippen molar-refractivity contribution in [1.82, 2.24) is 19.4 Å². The molecular formula is C16H23F3N4O3S. The van der Waals surface area contributed by atoms with E-state index in [-0.39, 0.29) is 30.8 Å². The number of carbonyl (C=O) groups is 1. The highest BCUT2D eigenvalue weighted by molar-refractivity contribution is 7.88. The van der Waals surface area contributed by atoms with E-state index in [4.69, 9.17) is 0 Å². The summed E-state index contributed by atoms with van der Waals surface area (Å²) in [7, 11) is -3.25. The number of amides is 1. The number of hydrogen-bond donors (Lipinski definition) is 1. The van der Waals surface area contributed by atoms with Gasteiger partial charge in [0.05, 0.1) is 12.8 Å². The highest BCUT2D eigenvalue weighted by Crippen LogP contribution is 2.42. The Morgan fingerprint density at radius 1 is 1.26 bits per heavy atom. The van der Waals surface area contributed by atoms with Crippen LogP contribution in [0.15, 0.2) is 6.07 Å². The first-order valence-corrected chi connectivity index (χ1v) is 10.8. The molecule has 2 aliphatic rings. The first kappa shape index (κ1) is 20.1. The summed E-state index contributed by atoms with van der Waals surface area (Å²) in [6.45, 7) is 0.966. The number of carbonyl (C=O) groups excluding carboxylic acids is 1. The molecule has 1 aliphatic carbocycles. The minimum atomic E-state index is -4.48. The Labute approximate surface area is 155 Å². The molecule has 1 amide bonds. The van der Waals surface area contributed by atoms with Gasteiger partial charge in [0.25, 0.3) is 0 Å². The molecule has 1 saturated carbocycles. The van der Waals surface area contributed by atoms with Crippen LogP contribution >= 0.6 is 0 Å². The molecule has 0 spiro atoms. The fourth-order valence-electron chi connectivity index (χ4n) is 3.34. The Bertz CT molecular complexity index is 794. The van der Waals surface area contributed by atoms with Crippen molar-refractivity contribution in [2.45, 2.75) is 44.3 Å². The van der Waals surface area contributed by atoms with Crippen LogP contribution in [-0.2, 0) is 27.5 Å². The van der Waals surface area contributed by atoms with Gasteiger partial charge in [-0.3, -0.25) is 9.48 Å². The summed E-state index contributed by atoms with van der Waals surface area (Å²) >= 11 is 0. The number of nitrogens with one attached hydrogen (secondary N) is 1. The molecule has 27 heavy (non-hydrogen) atoms. The number of alkyl halides is 3. The lowest BCUT2D eigenvalue weighted by Gasteiger charge is -2.29. The van der Waals surface area contributed by atoms with Crippen LogP contribution in [0.25, 0.3) is 0 Å². The van der Waals surface area contributed by atoms with Crippen molar-refractivity contribution < 1.29 is 26.4 Å². The average molecular weight is 408 g/mol. The summed E-state index contributed by atoms with van der Waals surface area (Å²) in [5.41, 5.74) is -0.332. The summed E-state index contributed by atoms with van der Waals surface area (Å²) < 4.78 is 64.3. The lowest BCUT2D eigenvalue weighted by atomic mass is 9.97. The molecule has 152 valence electrons. The van der Waals surface area contributed by atoms with E-state index in [1.807, 2.05) is 0 Å². The largest absolute Gasteiger partial charge is 0.435 e. The van der Waals surface area contributed by atoms with E-state index in [1.54, 1.807) is 0 Å². The summed E-state index contributed by atoms with van der Waals surface area (Å²) in [5.74, 6) is -0.363. The van der Waals surface area contributed by atoms with E-state index in [0.29, 0.717) is 31.6 Å². The van der Waals surface area contributed by atoms with Crippen LogP contribution in [0.1, 0.15) is 43.0 Å². The zero-order chi connectivity index (χ0) is 19.8. The van der Waals surface area contributed by atoms with E-state index >= 15 is 0 Å². The fraction of sp³-hybridized carbons (Fsp3) is 0.750. The van der Waals surface area contributed by atoms with Crippen LogP contribution < -0.4 is 5.32 Å². The van der Waals surface area contributed by atoms with Crippen LogP contribution in [0.4, 0.5) is 13.2 Å². The highest BCUT2D eigenvalue weighted by atomic mass is 32.2. The molecule has 0 radical (unpaired) electrons. The van der Waals surface area contributed by atoms with Crippen molar-refractivity contribution in [1.29, 1.82) is 0 Å². The average Bonchev–Trinajstić information content (AvgIpc) is 3.33. The molecule has 1 N–H and O–H groups in total. The second-order valence-corrected chi connectivity index (χ2v) is 9.16. The van der Waals surface area contributed by atoms with Gasteiger partial charge in [-0.05, 0) is 31.7 Å². The quantitative estimate of drug-likeness (QED) is 0.774. The summed E-state index contributed by atoms with van der Waals surface area (Å²) in [5, 5.41) is 6.40. The Hall–Kier alpha value is -1.62. The van der Waals surface area contributed by atoms with E-state index in [2.05, 4.69) is 10.4 Å². The Balaban J connectivity index is 1.51. The Morgan fingerprint density at radius 2 is 1.89 bits per heavy atom. The van der Waals surface area contributed by atoms with E-state index < -0.39 is 21.9 Å². The number of sulfonamides is 1. The van der Waals surface area contributed by atoms with Crippen molar-refractivity contribution in [3.8, 4) is 0 Å². The zero-order valence-electron chi connectivity index (χ0n) is 15.0. The molecule has 2 heterocycles. The lowest BCUT2D eigenvalue weighted by Crippen LogP contribution is -2.43. The molecule has 0 atom stereocenters. The Morgan fingerprint density at radius 3 is 2.41 bits per heavy atom. The van der Waals surface area contributed by atoms with Crippen molar-refractivity contribution in [3.05, 3.63) is 17.5 Å². The van der Waals surface area contributed by atoms with Crippen molar-refractivity contribution in [2.24, 2.45) is 5.92 Å². The predicted octanol–water partition coefficient (Wildman–Crippen LogP) is 1.57. The molecule has 1 aromatic rings. The molecule has 1 aromatic heterocycles. The maximum Gasteiger partial charge on any atom is 0.435 e. The third kappa shape index (κ3) is 5.01. The molecule has 1 saturated heterocycles. The SMILES string of the molecule is CS(=O)(=O)N1CCC(C(=O)NCCn2nc(C(F)(F)F)cc2C2CC2)CC1. The minimum Gasteiger partial charge on any atom is -0.354 e. The normalized spacial score (nSPS) is 20.0. The molecule has 0 unspecified atom stereocenters. The molecule has 1 aliphatic heterocycles. The number of piperidine rings is 1. The Kier molecular flexibility index (Phi) is 5.53. The van der Waals surface area contributed by atoms with Gasteiger partial charge in [-0.15, -0.1) is 0 Å². The van der Waals surface area contributed by atoms with Gasteiger partial charge in [0.15, 0.2) is 5.69 Å². The standard InChI is InChI=1S/C16H23F3N4O3S/c1-27(25,26)22-7-4-12(5-8-22)15(24)20-6-9-23-13(11-2-3-11)10-14(21-23)16(17,18)19/h10-12H,2-9H2,1H3,(H,20,24). The topological polar surface area (TPSA) is 84.3 Å². The molecule has 2 fully saturated rings. The molecule has 11 heteroatoms. The van der Waals surface area contributed by atoms with Gasteiger partial charge in [-0.2, -0.15) is 18.3 Å². The summed E-state index contributed by atoms with van der Waals surface area (Å²) in [6, 6.07) is 1.10. The molecule has 0 aromatic carbocycles. The molecular weight excluding hydrogens is 385 g/mol. The lowest BCUT2D eigenvalue weighted by molar-refractivity contribution is -0.141. The third-order valence-corrected chi connectivity index (χ3v) is 6.32. The predicted molar refractivity (Wildman–Crippen MR) is 91.4 cm³/mol. The second-order valence-electron chi connectivity index (χ2n) is 7.18. The van der Waals surface area contributed by atoms with Gasteiger partial charge in [0, 0.05) is 37.2 Å². The number of hydrogen-bond acceptors (Lipinski definition) is 4. The highest BCUT2D eigenvalue weighted by Gasteiger charge is 2.37. The number of rotatable bonds is 6. The smallest absolute Gasteiger partial charge is 0.354 e. The van der Waals surface area contributed by atoms with Crippen LogP contribution in [0.3, 0.4) is 0 Å². The molecule has 3 rings (SSSR count). The van der Waals surface area contributed by atoms with Crippen LogP contribution in [0.2, 0.25) is 0 Å². The van der Waals surface area contributed by atoms with Gasteiger partial charge in [-0.1, -0.05) is 0 Å². The summed E-state index contributed by atoms with van der Waals surface area (Å²) in [4.78, 5) is 12.3. The van der Waals surface area contributed by atoms with Gasteiger partial charge >= 0.3 is 6.18 Å². The van der Waals surface area contributed by atoms with Crippen molar-refractivity contribution in [2.75, 3.05) is 25.9 Å². The van der Waals surface area contributed by atoms with Crippen LogP contribution in [-0.4, -0.2) is 54.3 Å². The first-order valence-electron chi connectivity index (χ1n) is 8.93. The monoisotopic (exact) mass is 408 g/mol. The number of aromatic nitrogens is 2. The molecule has 7 nitrogen and oxygen atoms in total. The zero-order valence-corrected chi connectivity index (χ0v) is 15.8.